The van der Waals surface area contributed by atoms with E-state index in [4.69, 9.17) is 0 Å². The van der Waals surface area contributed by atoms with Crippen molar-refractivity contribution in [3.05, 3.63) is 33.4 Å². The third-order valence-electron chi connectivity index (χ3n) is 1.47. The van der Waals surface area contributed by atoms with Gasteiger partial charge in [-0.1, -0.05) is 12.1 Å². The first-order valence-electron chi connectivity index (χ1n) is 3.53. The van der Waals surface area contributed by atoms with Gasteiger partial charge in [-0.3, -0.25) is 4.79 Å². The van der Waals surface area contributed by atoms with E-state index in [-0.39, 0.29) is 5.97 Å². The molecule has 0 spiro atoms. The van der Waals surface area contributed by atoms with Crippen LogP contribution in [0.1, 0.15) is 5.56 Å². The first kappa shape index (κ1) is 9.51. The van der Waals surface area contributed by atoms with Crippen LogP contribution in [0.4, 0.5) is 0 Å². The highest BCUT2D eigenvalue weighted by atomic mass is 127. The summed E-state index contributed by atoms with van der Waals surface area (Å²) >= 11 is 2.21. The number of carbonyl (C=O) groups excluding carboxylic acids is 1. The highest BCUT2D eigenvalue weighted by Crippen LogP contribution is 2.08. The van der Waals surface area contributed by atoms with Gasteiger partial charge in [0.05, 0.1) is 13.5 Å². The van der Waals surface area contributed by atoms with Crippen LogP contribution < -0.4 is 0 Å². The fourth-order valence-electron chi connectivity index (χ4n) is 0.886. The van der Waals surface area contributed by atoms with Crippen LogP contribution in [0, 0.1) is 3.57 Å². The maximum absolute atomic E-state index is 10.9. The zero-order valence-electron chi connectivity index (χ0n) is 6.71. The van der Waals surface area contributed by atoms with Crippen LogP contribution in [0.3, 0.4) is 0 Å². The molecular weight excluding hydrogens is 267 g/mol. The molecule has 0 aliphatic rings. The standard InChI is InChI=1S/C9H9IO2/c1-12-9(11)6-7-3-2-4-8(10)5-7/h2-5H,6H2,1H3. The van der Waals surface area contributed by atoms with Crippen LogP contribution in [-0.2, 0) is 16.0 Å². The van der Waals surface area contributed by atoms with Gasteiger partial charge in [0.25, 0.3) is 0 Å². The predicted octanol–water partition coefficient (Wildman–Crippen LogP) is 2.01. The molecule has 0 amide bonds. The lowest BCUT2D eigenvalue weighted by molar-refractivity contribution is -0.139. The summed E-state index contributed by atoms with van der Waals surface area (Å²) in [6.45, 7) is 0. The number of hydrogen-bond donors (Lipinski definition) is 0. The van der Waals surface area contributed by atoms with Gasteiger partial charge in [0, 0.05) is 3.57 Å². The topological polar surface area (TPSA) is 26.3 Å². The molecule has 0 saturated carbocycles. The molecule has 2 nitrogen and oxygen atoms in total. The normalized spacial score (nSPS) is 9.50. The molecule has 0 radical (unpaired) electrons. The van der Waals surface area contributed by atoms with Crippen LogP contribution in [-0.4, -0.2) is 13.1 Å². The van der Waals surface area contributed by atoms with Crippen molar-refractivity contribution in [1.29, 1.82) is 0 Å². The quantitative estimate of drug-likeness (QED) is 0.610. The number of halogens is 1. The smallest absolute Gasteiger partial charge is 0.309 e. The molecule has 0 atom stereocenters. The highest BCUT2D eigenvalue weighted by molar-refractivity contribution is 14.1. The molecule has 0 heterocycles. The lowest BCUT2D eigenvalue weighted by atomic mass is 10.2. The van der Waals surface area contributed by atoms with E-state index in [1.54, 1.807) is 0 Å². The van der Waals surface area contributed by atoms with E-state index in [0.29, 0.717) is 6.42 Å². The molecule has 1 aromatic rings. The van der Waals surface area contributed by atoms with E-state index >= 15 is 0 Å². The number of esters is 1. The lowest BCUT2D eigenvalue weighted by Crippen LogP contribution is -2.04. The average Bonchev–Trinajstić information content (AvgIpc) is 2.04. The van der Waals surface area contributed by atoms with E-state index in [9.17, 15) is 4.79 Å². The maximum Gasteiger partial charge on any atom is 0.309 e. The van der Waals surface area contributed by atoms with E-state index in [2.05, 4.69) is 27.3 Å². The Morgan fingerprint density at radius 1 is 1.58 bits per heavy atom. The minimum Gasteiger partial charge on any atom is -0.469 e. The Labute approximate surface area is 85.1 Å². The second kappa shape index (κ2) is 4.45. The predicted molar refractivity (Wildman–Crippen MR) is 54.9 cm³/mol. The van der Waals surface area contributed by atoms with Crippen molar-refractivity contribution in [2.24, 2.45) is 0 Å². The monoisotopic (exact) mass is 276 g/mol. The molecule has 0 N–H and O–H groups in total. The number of ether oxygens (including phenoxy) is 1. The van der Waals surface area contributed by atoms with Gasteiger partial charge in [0.15, 0.2) is 0 Å². The molecule has 0 aliphatic carbocycles. The molecular formula is C9H9IO2. The van der Waals surface area contributed by atoms with Crippen LogP contribution in [0.15, 0.2) is 24.3 Å². The van der Waals surface area contributed by atoms with E-state index in [1.807, 2.05) is 24.3 Å². The fraction of sp³-hybridized carbons (Fsp3) is 0.222. The number of methoxy groups -OCH3 is 1. The molecule has 64 valence electrons. The number of benzene rings is 1. The van der Waals surface area contributed by atoms with E-state index in [1.165, 1.54) is 7.11 Å². The zero-order chi connectivity index (χ0) is 8.97. The maximum atomic E-state index is 10.9. The summed E-state index contributed by atoms with van der Waals surface area (Å²) < 4.78 is 5.69. The second-order valence-corrected chi connectivity index (χ2v) is 3.63. The summed E-state index contributed by atoms with van der Waals surface area (Å²) in [5.41, 5.74) is 0.994. The zero-order valence-corrected chi connectivity index (χ0v) is 8.87. The van der Waals surface area contributed by atoms with Gasteiger partial charge < -0.3 is 4.74 Å². The fourth-order valence-corrected chi connectivity index (χ4v) is 1.49. The molecule has 1 aromatic carbocycles. The molecule has 0 aromatic heterocycles. The van der Waals surface area contributed by atoms with Crippen LogP contribution in [0.2, 0.25) is 0 Å². The summed E-state index contributed by atoms with van der Waals surface area (Å²) in [6.07, 6.45) is 0.355. The molecule has 1 rings (SSSR count). The summed E-state index contributed by atoms with van der Waals surface area (Å²) in [4.78, 5) is 10.9. The number of rotatable bonds is 2. The van der Waals surface area contributed by atoms with Gasteiger partial charge in [-0.15, -0.1) is 0 Å². The second-order valence-electron chi connectivity index (χ2n) is 2.38. The summed E-state index contributed by atoms with van der Waals surface area (Å²) in [5, 5.41) is 0. The SMILES string of the molecule is COC(=O)Cc1cccc(I)c1. The van der Waals surface area contributed by atoms with Crippen molar-refractivity contribution in [3.8, 4) is 0 Å². The molecule has 0 unspecified atom stereocenters. The van der Waals surface area contributed by atoms with E-state index in [0.717, 1.165) is 9.13 Å². The van der Waals surface area contributed by atoms with Gasteiger partial charge in [-0.2, -0.15) is 0 Å². The minimum absolute atomic E-state index is 0.197. The Kier molecular flexibility index (Phi) is 3.52. The summed E-state index contributed by atoms with van der Waals surface area (Å²) in [5.74, 6) is -0.197. The third-order valence-corrected chi connectivity index (χ3v) is 2.14. The van der Waals surface area contributed by atoms with Crippen molar-refractivity contribution in [2.45, 2.75) is 6.42 Å². The number of hydrogen-bond acceptors (Lipinski definition) is 2. The van der Waals surface area contributed by atoms with Crippen molar-refractivity contribution in [1.82, 2.24) is 0 Å². The average molecular weight is 276 g/mol. The largest absolute Gasteiger partial charge is 0.469 e. The Hall–Kier alpha value is -0.580. The van der Waals surface area contributed by atoms with Gasteiger partial charge in [0.1, 0.15) is 0 Å². The van der Waals surface area contributed by atoms with Crippen molar-refractivity contribution >= 4 is 28.6 Å². The summed E-state index contributed by atoms with van der Waals surface area (Å²) in [7, 11) is 1.40. The first-order chi connectivity index (χ1) is 5.72. The van der Waals surface area contributed by atoms with E-state index < -0.39 is 0 Å². The van der Waals surface area contributed by atoms with Crippen molar-refractivity contribution in [3.63, 3.8) is 0 Å². The molecule has 12 heavy (non-hydrogen) atoms. The minimum atomic E-state index is -0.197. The van der Waals surface area contributed by atoms with Gasteiger partial charge in [-0.05, 0) is 40.3 Å². The molecule has 0 saturated heterocycles. The van der Waals surface area contributed by atoms with Gasteiger partial charge >= 0.3 is 5.97 Å². The Morgan fingerprint density at radius 3 is 2.92 bits per heavy atom. The Morgan fingerprint density at radius 2 is 2.33 bits per heavy atom. The third kappa shape index (κ3) is 2.81. The van der Waals surface area contributed by atoms with Crippen molar-refractivity contribution < 1.29 is 9.53 Å². The van der Waals surface area contributed by atoms with Gasteiger partial charge in [-0.25, -0.2) is 0 Å². The molecule has 3 heteroatoms. The first-order valence-corrected chi connectivity index (χ1v) is 4.61. The number of carbonyl (C=O) groups is 1. The molecule has 0 bridgehead atoms. The Balaban J connectivity index is 2.69. The highest BCUT2D eigenvalue weighted by Gasteiger charge is 2.01. The van der Waals surface area contributed by atoms with Crippen LogP contribution in [0.5, 0.6) is 0 Å². The lowest BCUT2D eigenvalue weighted by Gasteiger charge is -1.99. The van der Waals surface area contributed by atoms with Gasteiger partial charge in [0.2, 0.25) is 0 Å². The summed E-state index contributed by atoms with van der Waals surface area (Å²) in [6, 6.07) is 7.80. The van der Waals surface area contributed by atoms with Crippen molar-refractivity contribution in [2.75, 3.05) is 7.11 Å². The Bertz CT molecular complexity index is 284. The van der Waals surface area contributed by atoms with Crippen LogP contribution in [0.25, 0.3) is 0 Å². The molecule has 0 aliphatic heterocycles. The molecule has 0 fully saturated rings. The van der Waals surface area contributed by atoms with Crippen LogP contribution >= 0.6 is 22.6 Å².